The third kappa shape index (κ3) is 3.94. The van der Waals surface area contributed by atoms with Crippen molar-refractivity contribution in [3.05, 3.63) is 36.4 Å². The van der Waals surface area contributed by atoms with Crippen LogP contribution in [-0.2, 0) is 24.4 Å². The average Bonchev–Trinajstić information content (AvgIpc) is 3.09. The molecule has 0 N–H and O–H groups in total. The Morgan fingerprint density at radius 1 is 1.35 bits per heavy atom. The molecule has 2 heterocycles. The molecule has 1 amide bonds. The van der Waals surface area contributed by atoms with Crippen molar-refractivity contribution in [2.45, 2.75) is 39.4 Å². The third-order valence-electron chi connectivity index (χ3n) is 3.19. The summed E-state index contributed by atoms with van der Waals surface area (Å²) in [6, 6.07) is 1.89. The Kier molecular flexibility index (Phi) is 4.92. The van der Waals surface area contributed by atoms with E-state index in [-0.39, 0.29) is 5.91 Å². The van der Waals surface area contributed by atoms with E-state index < -0.39 is 0 Å². The molecule has 0 radical (unpaired) electrons. The van der Waals surface area contributed by atoms with Crippen molar-refractivity contribution in [1.29, 1.82) is 0 Å². The van der Waals surface area contributed by atoms with E-state index in [2.05, 4.69) is 10.2 Å². The Balaban J connectivity index is 1.74. The maximum absolute atomic E-state index is 12.0. The van der Waals surface area contributed by atoms with Crippen LogP contribution in [0.5, 0.6) is 0 Å². The lowest BCUT2D eigenvalue weighted by atomic mass is 10.2. The lowest BCUT2D eigenvalue weighted by Crippen LogP contribution is -2.26. The second-order valence-corrected chi connectivity index (χ2v) is 4.83. The number of aryl methyl sites for hydroxylation is 2. The number of aromatic nitrogens is 4. The number of carbonyl (C=O) groups excluding carboxylic acids is 1. The number of nitrogens with zero attached hydrogens (tertiary/aromatic N) is 5. The lowest BCUT2D eigenvalue weighted by Gasteiger charge is -2.16. The summed E-state index contributed by atoms with van der Waals surface area (Å²) in [7, 11) is 1.83. The van der Waals surface area contributed by atoms with Crippen LogP contribution < -0.4 is 0 Å². The van der Waals surface area contributed by atoms with Crippen LogP contribution in [0.2, 0.25) is 0 Å². The van der Waals surface area contributed by atoms with E-state index in [0.29, 0.717) is 13.0 Å². The number of hydrogen-bond acceptors (Lipinski definition) is 3. The molecule has 0 unspecified atom stereocenters. The summed E-state index contributed by atoms with van der Waals surface area (Å²) in [5.41, 5.74) is 1.06. The van der Waals surface area contributed by atoms with E-state index in [1.165, 1.54) is 0 Å². The monoisotopic (exact) mass is 275 g/mol. The van der Waals surface area contributed by atoms with Gasteiger partial charge in [-0.25, -0.2) is 0 Å². The minimum Gasteiger partial charge on any atom is -0.341 e. The molecule has 6 heteroatoms. The summed E-state index contributed by atoms with van der Waals surface area (Å²) in [5.74, 6) is 0.154. The van der Waals surface area contributed by atoms with Gasteiger partial charge in [0.2, 0.25) is 5.91 Å². The van der Waals surface area contributed by atoms with Crippen LogP contribution >= 0.6 is 0 Å². The highest BCUT2D eigenvalue weighted by atomic mass is 16.2. The van der Waals surface area contributed by atoms with Crippen LogP contribution in [0, 0.1) is 0 Å². The summed E-state index contributed by atoms with van der Waals surface area (Å²) in [5, 5.41) is 8.33. The first-order valence-electron chi connectivity index (χ1n) is 6.91. The number of amides is 1. The molecule has 0 aliphatic rings. The van der Waals surface area contributed by atoms with Crippen molar-refractivity contribution in [2.24, 2.45) is 0 Å². The van der Waals surface area contributed by atoms with Gasteiger partial charge in [0.1, 0.15) is 0 Å². The van der Waals surface area contributed by atoms with Crippen LogP contribution in [0.4, 0.5) is 0 Å². The fourth-order valence-corrected chi connectivity index (χ4v) is 2.04. The van der Waals surface area contributed by atoms with E-state index in [0.717, 1.165) is 25.1 Å². The van der Waals surface area contributed by atoms with E-state index in [1.807, 2.05) is 48.0 Å². The highest BCUT2D eigenvalue weighted by Gasteiger charge is 2.10. The Bertz CT molecular complexity index is 532. The average molecular weight is 275 g/mol. The Hall–Kier alpha value is -2.11. The Morgan fingerprint density at radius 2 is 2.20 bits per heavy atom. The molecule has 0 saturated carbocycles. The molecule has 0 aliphatic carbocycles. The zero-order chi connectivity index (χ0) is 14.4. The lowest BCUT2D eigenvalue weighted by molar-refractivity contribution is -0.130. The van der Waals surface area contributed by atoms with Crippen LogP contribution in [0.1, 0.15) is 25.3 Å². The minimum absolute atomic E-state index is 0.154. The van der Waals surface area contributed by atoms with E-state index in [9.17, 15) is 4.79 Å². The van der Waals surface area contributed by atoms with Crippen molar-refractivity contribution in [1.82, 2.24) is 24.5 Å². The quantitative estimate of drug-likeness (QED) is 0.770. The van der Waals surface area contributed by atoms with Gasteiger partial charge in [0, 0.05) is 57.3 Å². The van der Waals surface area contributed by atoms with Gasteiger partial charge in [-0.3, -0.25) is 14.2 Å². The molecular weight excluding hydrogens is 254 g/mol. The molecule has 0 saturated heterocycles. The number of carbonyl (C=O) groups is 1. The molecule has 2 aromatic heterocycles. The molecule has 108 valence electrons. The summed E-state index contributed by atoms with van der Waals surface area (Å²) in [4.78, 5) is 13.8. The van der Waals surface area contributed by atoms with Crippen molar-refractivity contribution < 1.29 is 4.79 Å². The molecule has 0 aromatic carbocycles. The van der Waals surface area contributed by atoms with E-state index >= 15 is 0 Å². The number of hydrogen-bond donors (Lipinski definition) is 0. The van der Waals surface area contributed by atoms with Gasteiger partial charge >= 0.3 is 0 Å². The molecule has 0 bridgehead atoms. The Labute approximate surface area is 119 Å². The van der Waals surface area contributed by atoms with Crippen LogP contribution in [0.15, 0.2) is 30.9 Å². The molecule has 0 fully saturated rings. The van der Waals surface area contributed by atoms with Gasteiger partial charge in [-0.2, -0.15) is 10.2 Å². The third-order valence-corrected chi connectivity index (χ3v) is 3.19. The maximum atomic E-state index is 12.0. The SMILES string of the molecule is CCn1cc(CN(C)C(=O)CCCn2cccn2)cn1. The molecule has 2 aromatic rings. The fraction of sp³-hybridized carbons (Fsp3) is 0.500. The van der Waals surface area contributed by atoms with Gasteiger partial charge in [0.05, 0.1) is 6.20 Å². The van der Waals surface area contributed by atoms with Crippen LogP contribution in [0.25, 0.3) is 0 Å². The normalized spacial score (nSPS) is 10.7. The molecule has 6 nitrogen and oxygen atoms in total. The molecule has 0 atom stereocenters. The van der Waals surface area contributed by atoms with Crippen LogP contribution in [-0.4, -0.2) is 37.4 Å². The molecule has 2 rings (SSSR count). The topological polar surface area (TPSA) is 56.0 Å². The largest absolute Gasteiger partial charge is 0.341 e. The molecular formula is C14H21N5O. The Morgan fingerprint density at radius 3 is 2.85 bits per heavy atom. The van der Waals surface area contributed by atoms with Crippen molar-refractivity contribution in [2.75, 3.05) is 7.05 Å². The molecule has 0 spiro atoms. The first-order chi connectivity index (χ1) is 9.69. The maximum Gasteiger partial charge on any atom is 0.222 e. The van der Waals surface area contributed by atoms with E-state index in [1.54, 1.807) is 11.1 Å². The summed E-state index contributed by atoms with van der Waals surface area (Å²) in [6.45, 7) is 4.28. The minimum atomic E-state index is 0.154. The molecule has 20 heavy (non-hydrogen) atoms. The highest BCUT2D eigenvalue weighted by molar-refractivity contribution is 5.75. The summed E-state index contributed by atoms with van der Waals surface area (Å²) >= 11 is 0. The van der Waals surface area contributed by atoms with Crippen molar-refractivity contribution >= 4 is 5.91 Å². The van der Waals surface area contributed by atoms with Gasteiger partial charge in [0.25, 0.3) is 0 Å². The molecule has 0 aliphatic heterocycles. The van der Waals surface area contributed by atoms with Gasteiger partial charge in [-0.05, 0) is 19.4 Å². The highest BCUT2D eigenvalue weighted by Crippen LogP contribution is 2.05. The van der Waals surface area contributed by atoms with Crippen LogP contribution in [0.3, 0.4) is 0 Å². The predicted molar refractivity (Wildman–Crippen MR) is 75.8 cm³/mol. The zero-order valence-electron chi connectivity index (χ0n) is 12.1. The zero-order valence-corrected chi connectivity index (χ0v) is 12.1. The predicted octanol–water partition coefficient (Wildman–Crippen LogP) is 1.54. The smallest absolute Gasteiger partial charge is 0.222 e. The summed E-state index contributed by atoms with van der Waals surface area (Å²) < 4.78 is 3.71. The number of rotatable bonds is 7. The van der Waals surface area contributed by atoms with Gasteiger partial charge in [0.15, 0.2) is 0 Å². The first-order valence-corrected chi connectivity index (χ1v) is 6.91. The van der Waals surface area contributed by atoms with Gasteiger partial charge in [-0.15, -0.1) is 0 Å². The van der Waals surface area contributed by atoms with Gasteiger partial charge in [-0.1, -0.05) is 0 Å². The first kappa shape index (κ1) is 14.3. The summed E-state index contributed by atoms with van der Waals surface area (Å²) in [6.07, 6.45) is 8.80. The second-order valence-electron chi connectivity index (χ2n) is 4.83. The van der Waals surface area contributed by atoms with Crippen molar-refractivity contribution in [3.63, 3.8) is 0 Å². The van der Waals surface area contributed by atoms with E-state index in [4.69, 9.17) is 0 Å². The van der Waals surface area contributed by atoms with Gasteiger partial charge < -0.3 is 4.90 Å². The van der Waals surface area contributed by atoms with Crippen molar-refractivity contribution in [3.8, 4) is 0 Å². The fourth-order valence-electron chi connectivity index (χ4n) is 2.04. The standard InChI is InChI=1S/C14H21N5O/c1-3-18-12-13(10-16-18)11-17(2)14(20)6-4-8-19-9-5-7-15-19/h5,7,9-10,12H,3-4,6,8,11H2,1-2H3. The second kappa shape index (κ2) is 6.88.